The van der Waals surface area contributed by atoms with E-state index in [-0.39, 0.29) is 0 Å². The van der Waals surface area contributed by atoms with Crippen molar-refractivity contribution in [2.45, 2.75) is 0 Å². The van der Waals surface area contributed by atoms with E-state index < -0.39 is 0 Å². The first-order chi connectivity index (χ1) is 8.36. The predicted molar refractivity (Wildman–Crippen MR) is 73.4 cm³/mol. The normalized spacial score (nSPS) is 11.5. The summed E-state index contributed by atoms with van der Waals surface area (Å²) in [7, 11) is 0. The molecule has 4 heteroatoms. The summed E-state index contributed by atoms with van der Waals surface area (Å²) in [5.74, 6) is 5.14. The molecule has 0 aliphatic carbocycles. The average Bonchev–Trinajstić information content (AvgIpc) is 2.94. The van der Waals surface area contributed by atoms with Crippen molar-refractivity contribution in [1.82, 2.24) is 4.98 Å². The van der Waals surface area contributed by atoms with Gasteiger partial charge in [-0.25, -0.2) is 0 Å². The van der Waals surface area contributed by atoms with Crippen molar-refractivity contribution in [3.05, 3.63) is 47.3 Å². The lowest BCUT2D eigenvalue weighted by atomic mass is 10.2. The molecule has 0 unspecified atom stereocenters. The van der Waals surface area contributed by atoms with Crippen LogP contribution in [0.4, 0.5) is 0 Å². The van der Waals surface area contributed by atoms with Crippen LogP contribution < -0.4 is 5.84 Å². The van der Waals surface area contributed by atoms with Crippen molar-refractivity contribution in [1.29, 1.82) is 0 Å². The highest BCUT2D eigenvalue weighted by atomic mass is 32.1. The van der Waals surface area contributed by atoms with Gasteiger partial charge in [0.05, 0.1) is 16.8 Å². The molecule has 17 heavy (non-hydrogen) atoms. The van der Waals surface area contributed by atoms with Crippen molar-refractivity contribution in [3.8, 4) is 10.6 Å². The number of para-hydroxylation sites is 1. The molecule has 84 valence electrons. The van der Waals surface area contributed by atoms with Crippen LogP contribution in [0.5, 0.6) is 0 Å². The van der Waals surface area contributed by atoms with Crippen LogP contribution in [0.1, 0.15) is 4.88 Å². The van der Waals surface area contributed by atoms with Gasteiger partial charge in [-0.3, -0.25) is 0 Å². The first-order valence-electron chi connectivity index (χ1n) is 5.28. The SMILES string of the molecule is N/N=C\c1ccc(-c2cc3ccccc3[nH]2)s1. The van der Waals surface area contributed by atoms with E-state index in [1.165, 1.54) is 10.3 Å². The number of aromatic nitrogens is 1. The number of nitrogens with one attached hydrogen (secondary N) is 1. The number of thiophene rings is 1. The number of H-pyrrole nitrogens is 1. The number of hydrogen-bond donors (Lipinski definition) is 2. The Hall–Kier alpha value is -2.07. The maximum atomic E-state index is 5.14. The van der Waals surface area contributed by atoms with E-state index in [2.05, 4.69) is 34.4 Å². The van der Waals surface area contributed by atoms with Crippen LogP contribution in [0.15, 0.2) is 47.6 Å². The summed E-state index contributed by atoms with van der Waals surface area (Å²) in [5.41, 5.74) is 2.29. The van der Waals surface area contributed by atoms with Gasteiger partial charge in [-0.15, -0.1) is 11.3 Å². The zero-order valence-corrected chi connectivity index (χ0v) is 9.87. The lowest BCUT2D eigenvalue weighted by molar-refractivity contribution is 1.27. The van der Waals surface area contributed by atoms with E-state index in [1.807, 2.05) is 18.2 Å². The van der Waals surface area contributed by atoms with E-state index in [4.69, 9.17) is 5.84 Å². The summed E-state index contributed by atoms with van der Waals surface area (Å²) in [4.78, 5) is 5.65. The molecule has 0 bridgehead atoms. The minimum absolute atomic E-state index is 1.06. The summed E-state index contributed by atoms with van der Waals surface area (Å²) >= 11 is 1.67. The summed E-state index contributed by atoms with van der Waals surface area (Å²) in [6.07, 6.45) is 1.66. The molecule has 0 aliphatic rings. The Morgan fingerprint density at radius 1 is 1.18 bits per heavy atom. The molecule has 2 aromatic heterocycles. The third kappa shape index (κ3) is 1.83. The first kappa shape index (κ1) is 10.1. The molecule has 3 rings (SSSR count). The van der Waals surface area contributed by atoms with Gasteiger partial charge in [0.2, 0.25) is 0 Å². The second-order valence-electron chi connectivity index (χ2n) is 3.75. The second-order valence-corrected chi connectivity index (χ2v) is 4.87. The Kier molecular flexibility index (Phi) is 2.42. The fourth-order valence-corrected chi connectivity index (χ4v) is 2.71. The van der Waals surface area contributed by atoms with Gasteiger partial charge in [0.1, 0.15) is 0 Å². The van der Waals surface area contributed by atoms with Crippen LogP contribution in [-0.4, -0.2) is 11.2 Å². The van der Waals surface area contributed by atoms with Gasteiger partial charge in [-0.05, 0) is 24.3 Å². The molecule has 1 aromatic carbocycles. The van der Waals surface area contributed by atoms with Crippen molar-refractivity contribution in [2.75, 3.05) is 0 Å². The quantitative estimate of drug-likeness (QED) is 0.404. The van der Waals surface area contributed by atoms with E-state index in [1.54, 1.807) is 17.6 Å². The zero-order valence-electron chi connectivity index (χ0n) is 9.05. The number of fused-ring (bicyclic) bond motifs is 1. The standard InChI is InChI=1S/C13H11N3S/c14-15-8-10-5-6-13(17-10)12-7-9-3-1-2-4-11(9)16-12/h1-8,16H,14H2/b15-8-. The highest BCUT2D eigenvalue weighted by molar-refractivity contribution is 7.17. The van der Waals surface area contributed by atoms with E-state index in [0.717, 1.165) is 16.1 Å². The summed E-state index contributed by atoms with van der Waals surface area (Å²) < 4.78 is 0. The molecule has 2 heterocycles. The predicted octanol–water partition coefficient (Wildman–Crippen LogP) is 3.19. The van der Waals surface area contributed by atoms with Crippen LogP contribution in [0, 0.1) is 0 Å². The van der Waals surface area contributed by atoms with E-state index >= 15 is 0 Å². The molecule has 0 aliphatic heterocycles. The van der Waals surface area contributed by atoms with Crippen molar-refractivity contribution >= 4 is 28.5 Å². The maximum absolute atomic E-state index is 5.14. The Balaban J connectivity index is 2.07. The molecule has 0 fully saturated rings. The Bertz CT molecular complexity index is 646. The molecule has 0 amide bonds. The monoisotopic (exact) mass is 241 g/mol. The third-order valence-electron chi connectivity index (χ3n) is 2.62. The van der Waals surface area contributed by atoms with Crippen LogP contribution in [0.2, 0.25) is 0 Å². The number of benzene rings is 1. The lowest BCUT2D eigenvalue weighted by Gasteiger charge is -1.89. The molecule has 0 spiro atoms. The van der Waals surface area contributed by atoms with Gasteiger partial charge in [-0.1, -0.05) is 18.2 Å². The minimum Gasteiger partial charge on any atom is -0.354 e. The first-order valence-corrected chi connectivity index (χ1v) is 6.10. The van der Waals surface area contributed by atoms with E-state index in [9.17, 15) is 0 Å². The summed E-state index contributed by atoms with van der Waals surface area (Å²) in [6.45, 7) is 0. The topological polar surface area (TPSA) is 54.2 Å². The molecule has 0 radical (unpaired) electrons. The number of hydrogen-bond acceptors (Lipinski definition) is 3. The Morgan fingerprint density at radius 2 is 2.06 bits per heavy atom. The second kappa shape index (κ2) is 4.07. The van der Waals surface area contributed by atoms with Gasteiger partial charge in [0.25, 0.3) is 0 Å². The van der Waals surface area contributed by atoms with Gasteiger partial charge < -0.3 is 10.8 Å². The molecule has 3 aromatic rings. The summed E-state index contributed by atoms with van der Waals surface area (Å²) in [5, 5.41) is 4.76. The maximum Gasteiger partial charge on any atom is 0.0638 e. The van der Waals surface area contributed by atoms with Crippen molar-refractivity contribution < 1.29 is 0 Å². The third-order valence-corrected chi connectivity index (χ3v) is 3.68. The molecule has 0 saturated heterocycles. The molecule has 3 N–H and O–H groups in total. The lowest BCUT2D eigenvalue weighted by Crippen LogP contribution is -1.80. The van der Waals surface area contributed by atoms with E-state index in [0.29, 0.717) is 0 Å². The summed E-state index contributed by atoms with van der Waals surface area (Å²) in [6, 6.07) is 14.5. The highest BCUT2D eigenvalue weighted by Gasteiger charge is 2.05. The van der Waals surface area contributed by atoms with Crippen LogP contribution >= 0.6 is 11.3 Å². The molecule has 0 saturated carbocycles. The largest absolute Gasteiger partial charge is 0.354 e. The van der Waals surface area contributed by atoms with Crippen LogP contribution in [-0.2, 0) is 0 Å². The number of nitrogens with two attached hydrogens (primary N) is 1. The fourth-order valence-electron chi connectivity index (χ4n) is 1.85. The Morgan fingerprint density at radius 3 is 2.88 bits per heavy atom. The van der Waals surface area contributed by atoms with Gasteiger partial charge in [-0.2, -0.15) is 5.10 Å². The fraction of sp³-hybridized carbons (Fsp3) is 0. The molecule has 0 atom stereocenters. The number of hydrazone groups is 1. The van der Waals surface area contributed by atoms with Gasteiger partial charge in [0.15, 0.2) is 0 Å². The number of nitrogens with zero attached hydrogens (tertiary/aromatic N) is 1. The molecular weight excluding hydrogens is 230 g/mol. The van der Waals surface area contributed by atoms with Gasteiger partial charge >= 0.3 is 0 Å². The number of rotatable bonds is 2. The van der Waals surface area contributed by atoms with Crippen molar-refractivity contribution in [3.63, 3.8) is 0 Å². The molecule has 3 nitrogen and oxygen atoms in total. The minimum atomic E-state index is 1.06. The Labute approximate surface area is 103 Å². The zero-order chi connectivity index (χ0) is 11.7. The van der Waals surface area contributed by atoms with Gasteiger partial charge in [0, 0.05) is 15.8 Å². The van der Waals surface area contributed by atoms with Crippen LogP contribution in [0.25, 0.3) is 21.5 Å². The average molecular weight is 241 g/mol. The van der Waals surface area contributed by atoms with Crippen LogP contribution in [0.3, 0.4) is 0 Å². The highest BCUT2D eigenvalue weighted by Crippen LogP contribution is 2.29. The molecular formula is C13H11N3S. The number of aromatic amines is 1. The smallest absolute Gasteiger partial charge is 0.0638 e. The van der Waals surface area contributed by atoms with Crippen molar-refractivity contribution in [2.24, 2.45) is 10.9 Å².